The molecule has 2 unspecified atom stereocenters. The highest BCUT2D eigenvalue weighted by molar-refractivity contribution is 7.89. The fourth-order valence-electron chi connectivity index (χ4n) is 2.39. The van der Waals surface area contributed by atoms with E-state index in [4.69, 9.17) is 10.5 Å². The van der Waals surface area contributed by atoms with Crippen LogP contribution in [0.3, 0.4) is 0 Å². The molecule has 9 heteroatoms. The van der Waals surface area contributed by atoms with Gasteiger partial charge in [0, 0.05) is 19.7 Å². The maximum atomic E-state index is 11.9. The first kappa shape index (κ1) is 22.6. The van der Waals surface area contributed by atoms with Gasteiger partial charge in [-0.3, -0.25) is 4.79 Å². The molecule has 1 heterocycles. The highest BCUT2D eigenvalue weighted by Gasteiger charge is 2.27. The molecule has 0 spiro atoms. The van der Waals surface area contributed by atoms with Gasteiger partial charge in [0.2, 0.25) is 15.9 Å². The van der Waals surface area contributed by atoms with Gasteiger partial charge in [0.1, 0.15) is 0 Å². The van der Waals surface area contributed by atoms with E-state index in [-0.39, 0.29) is 36.7 Å². The fourth-order valence-corrected chi connectivity index (χ4v) is 3.35. The zero-order chi connectivity index (χ0) is 16.6. The van der Waals surface area contributed by atoms with E-state index in [2.05, 4.69) is 10.0 Å². The van der Waals surface area contributed by atoms with Crippen molar-refractivity contribution in [3.05, 3.63) is 0 Å². The van der Waals surface area contributed by atoms with Gasteiger partial charge in [-0.25, -0.2) is 13.1 Å². The number of amides is 1. The van der Waals surface area contributed by atoms with Crippen LogP contribution in [0.15, 0.2) is 0 Å². The van der Waals surface area contributed by atoms with Crippen molar-refractivity contribution in [1.82, 2.24) is 10.0 Å². The van der Waals surface area contributed by atoms with Crippen molar-refractivity contribution < 1.29 is 17.9 Å². The summed E-state index contributed by atoms with van der Waals surface area (Å²) in [5.41, 5.74) is 4.93. The molecular formula is C14H30ClN3O4S. The molecule has 1 aliphatic heterocycles. The molecule has 138 valence electrons. The van der Waals surface area contributed by atoms with Gasteiger partial charge in [-0.05, 0) is 32.6 Å². The Morgan fingerprint density at radius 3 is 2.65 bits per heavy atom. The highest BCUT2D eigenvalue weighted by Crippen LogP contribution is 2.12. The maximum Gasteiger partial charge on any atom is 0.239 e. The van der Waals surface area contributed by atoms with E-state index in [0.717, 1.165) is 25.7 Å². The zero-order valence-corrected chi connectivity index (χ0v) is 15.6. The lowest BCUT2D eigenvalue weighted by Gasteiger charge is -2.23. The van der Waals surface area contributed by atoms with Crippen LogP contribution in [0, 0.1) is 0 Å². The summed E-state index contributed by atoms with van der Waals surface area (Å²) >= 11 is 0. The van der Waals surface area contributed by atoms with Crippen LogP contribution in [0.1, 0.15) is 46.0 Å². The standard InChI is InChI=1S/C14H29N3O4S.ClH/c1-3-7-14(2,15)13(18)16-8-10-22(19,20)17-11-12-6-4-5-9-21-12;/h12,17H,3-11,15H2,1-2H3,(H,16,18);1H. The maximum absolute atomic E-state index is 11.9. The molecule has 23 heavy (non-hydrogen) atoms. The van der Waals surface area contributed by atoms with E-state index in [1.807, 2.05) is 6.92 Å². The summed E-state index contributed by atoms with van der Waals surface area (Å²) in [5, 5.41) is 2.59. The van der Waals surface area contributed by atoms with Crippen molar-refractivity contribution in [3.8, 4) is 0 Å². The van der Waals surface area contributed by atoms with Crippen molar-refractivity contribution in [3.63, 3.8) is 0 Å². The van der Waals surface area contributed by atoms with Gasteiger partial charge in [-0.1, -0.05) is 13.3 Å². The lowest BCUT2D eigenvalue weighted by atomic mass is 9.97. The Morgan fingerprint density at radius 2 is 2.09 bits per heavy atom. The molecule has 0 aromatic heterocycles. The van der Waals surface area contributed by atoms with E-state index in [1.165, 1.54) is 0 Å². The summed E-state index contributed by atoms with van der Waals surface area (Å²) in [6.07, 6.45) is 4.28. The molecule has 1 saturated heterocycles. The molecule has 7 nitrogen and oxygen atoms in total. The topological polar surface area (TPSA) is 111 Å². The molecule has 0 aromatic rings. The second kappa shape index (κ2) is 10.5. The number of carbonyl (C=O) groups is 1. The summed E-state index contributed by atoms with van der Waals surface area (Å²) < 4.78 is 31.8. The number of nitrogens with two attached hydrogens (primary N) is 1. The van der Waals surface area contributed by atoms with Crippen LogP contribution in [0.4, 0.5) is 0 Å². The Balaban J connectivity index is 0.00000484. The molecule has 4 N–H and O–H groups in total. The smallest absolute Gasteiger partial charge is 0.239 e. The summed E-state index contributed by atoms with van der Waals surface area (Å²) in [7, 11) is -3.42. The van der Waals surface area contributed by atoms with E-state index >= 15 is 0 Å². The van der Waals surface area contributed by atoms with E-state index < -0.39 is 15.6 Å². The average molecular weight is 372 g/mol. The quantitative estimate of drug-likeness (QED) is 0.547. The monoisotopic (exact) mass is 371 g/mol. The van der Waals surface area contributed by atoms with Crippen LogP contribution in [-0.2, 0) is 19.6 Å². The van der Waals surface area contributed by atoms with E-state index in [1.54, 1.807) is 6.92 Å². The van der Waals surface area contributed by atoms with E-state index in [0.29, 0.717) is 19.6 Å². The Hall–Kier alpha value is -0.410. The third-order valence-corrected chi connectivity index (χ3v) is 5.10. The van der Waals surface area contributed by atoms with Crippen molar-refractivity contribution in [2.45, 2.75) is 57.6 Å². The second-order valence-electron chi connectivity index (χ2n) is 6.08. The molecule has 0 aliphatic carbocycles. The normalized spacial score (nSPS) is 21.1. The largest absolute Gasteiger partial charge is 0.377 e. The van der Waals surface area contributed by atoms with Crippen LogP contribution in [0.5, 0.6) is 0 Å². The lowest BCUT2D eigenvalue weighted by molar-refractivity contribution is -0.125. The van der Waals surface area contributed by atoms with Gasteiger partial charge >= 0.3 is 0 Å². The van der Waals surface area contributed by atoms with Gasteiger partial charge in [0.15, 0.2) is 0 Å². The summed E-state index contributed by atoms with van der Waals surface area (Å²) in [6.45, 7) is 4.63. The second-order valence-corrected chi connectivity index (χ2v) is 8.01. The van der Waals surface area contributed by atoms with Crippen LogP contribution in [0.25, 0.3) is 0 Å². The van der Waals surface area contributed by atoms with Gasteiger partial charge in [-0.2, -0.15) is 0 Å². The van der Waals surface area contributed by atoms with Crippen LogP contribution in [0.2, 0.25) is 0 Å². The SMILES string of the molecule is CCCC(C)(N)C(=O)NCCS(=O)(=O)NCC1CCCCO1.Cl. The first-order valence-electron chi connectivity index (χ1n) is 7.93. The predicted octanol–water partition coefficient (Wildman–Crippen LogP) is 0.530. The molecule has 2 atom stereocenters. The van der Waals surface area contributed by atoms with Gasteiger partial charge in [-0.15, -0.1) is 12.4 Å². The number of ether oxygens (including phenoxy) is 1. The number of sulfonamides is 1. The molecule has 0 aromatic carbocycles. The zero-order valence-electron chi connectivity index (χ0n) is 14.0. The Labute approximate surface area is 145 Å². The molecule has 0 bridgehead atoms. The molecule has 0 saturated carbocycles. The first-order valence-corrected chi connectivity index (χ1v) is 9.58. The Morgan fingerprint density at radius 1 is 1.39 bits per heavy atom. The van der Waals surface area contributed by atoms with Crippen LogP contribution in [-0.4, -0.2) is 51.4 Å². The van der Waals surface area contributed by atoms with Crippen molar-refractivity contribution >= 4 is 28.3 Å². The fraction of sp³-hybridized carbons (Fsp3) is 0.929. The summed E-state index contributed by atoms with van der Waals surface area (Å²) in [5.74, 6) is -0.478. The number of halogens is 1. The summed E-state index contributed by atoms with van der Waals surface area (Å²) in [4.78, 5) is 11.9. The van der Waals surface area contributed by atoms with Crippen molar-refractivity contribution in [2.24, 2.45) is 5.73 Å². The number of nitrogens with one attached hydrogen (secondary N) is 2. The number of rotatable bonds is 9. The lowest BCUT2D eigenvalue weighted by Crippen LogP contribution is -2.52. The Bertz CT molecular complexity index is 451. The predicted molar refractivity (Wildman–Crippen MR) is 93.1 cm³/mol. The molecular weight excluding hydrogens is 342 g/mol. The number of hydrogen-bond acceptors (Lipinski definition) is 5. The molecule has 1 rings (SSSR count). The third-order valence-electron chi connectivity index (χ3n) is 3.75. The Kier molecular flexibility index (Phi) is 10.3. The van der Waals surface area contributed by atoms with Crippen molar-refractivity contribution in [2.75, 3.05) is 25.4 Å². The minimum absolute atomic E-state index is 0. The van der Waals surface area contributed by atoms with E-state index in [9.17, 15) is 13.2 Å². The number of hydrogen-bond donors (Lipinski definition) is 3. The molecule has 0 radical (unpaired) electrons. The van der Waals surface area contributed by atoms with Gasteiger partial charge in [0.25, 0.3) is 0 Å². The third kappa shape index (κ3) is 8.85. The van der Waals surface area contributed by atoms with Gasteiger partial charge < -0.3 is 15.8 Å². The molecule has 1 aliphatic rings. The van der Waals surface area contributed by atoms with Crippen molar-refractivity contribution in [1.29, 1.82) is 0 Å². The minimum atomic E-state index is -3.42. The first-order chi connectivity index (χ1) is 10.3. The average Bonchev–Trinajstić information content (AvgIpc) is 2.46. The minimum Gasteiger partial charge on any atom is -0.377 e. The number of carbonyl (C=O) groups excluding carboxylic acids is 1. The molecule has 1 amide bonds. The molecule has 1 fully saturated rings. The van der Waals surface area contributed by atoms with Gasteiger partial charge in [0.05, 0.1) is 17.4 Å². The van der Waals surface area contributed by atoms with Crippen LogP contribution >= 0.6 is 12.4 Å². The van der Waals surface area contributed by atoms with Crippen LogP contribution < -0.4 is 15.8 Å². The summed E-state index contributed by atoms with van der Waals surface area (Å²) in [6, 6.07) is 0. The highest BCUT2D eigenvalue weighted by atomic mass is 35.5.